The number of rotatable bonds is 0. The van der Waals surface area contributed by atoms with Gasteiger partial charge in [-0.25, -0.2) is 4.99 Å². The van der Waals surface area contributed by atoms with Crippen molar-refractivity contribution >= 4 is 17.4 Å². The van der Waals surface area contributed by atoms with Gasteiger partial charge in [0.2, 0.25) is 0 Å². The molecule has 0 aromatic rings. The summed E-state index contributed by atoms with van der Waals surface area (Å²) in [5.74, 6) is 0.441. The van der Waals surface area contributed by atoms with Crippen LogP contribution in [0, 0.1) is 0 Å². The van der Waals surface area contributed by atoms with Crippen LogP contribution in [0.1, 0.15) is 0 Å². The van der Waals surface area contributed by atoms with E-state index in [2.05, 4.69) is 4.99 Å². The van der Waals surface area contributed by atoms with Crippen molar-refractivity contribution in [2.24, 2.45) is 4.99 Å². The third-order valence-electron chi connectivity index (χ3n) is 0.624. The van der Waals surface area contributed by atoms with Crippen LogP contribution in [0.3, 0.4) is 0 Å². The quantitative estimate of drug-likeness (QED) is 0.418. The molecule has 1 heterocycles. The second-order valence-electron chi connectivity index (χ2n) is 1.17. The highest BCUT2D eigenvalue weighted by atomic mass is 32.2. The molecular weight excluding hydrogens is 110 g/mol. The second kappa shape index (κ2) is 2.14. The average Bonchev–Trinajstić information content (AvgIpc) is 1.69. The van der Waals surface area contributed by atoms with Gasteiger partial charge in [0.25, 0.3) is 0 Å². The Hall–Kier alpha value is -0.280. The van der Waals surface area contributed by atoms with Crippen molar-refractivity contribution in [1.82, 2.24) is 0 Å². The van der Waals surface area contributed by atoms with Gasteiger partial charge in [-0.15, -0.1) is 0 Å². The molecule has 2 nitrogen and oxygen atoms in total. The Morgan fingerprint density at radius 2 is 2.57 bits per heavy atom. The third-order valence-corrected chi connectivity index (χ3v) is 1.49. The van der Waals surface area contributed by atoms with E-state index in [0.29, 0.717) is 5.88 Å². The summed E-state index contributed by atoms with van der Waals surface area (Å²) in [5.41, 5.74) is 0. The zero-order valence-corrected chi connectivity index (χ0v) is 4.52. The Labute approximate surface area is 45.1 Å². The molecule has 0 saturated heterocycles. The zero-order chi connectivity index (χ0) is 5.11. The van der Waals surface area contributed by atoms with Crippen LogP contribution >= 0.6 is 0 Å². The van der Waals surface area contributed by atoms with Crippen molar-refractivity contribution in [3.05, 3.63) is 11.5 Å². The van der Waals surface area contributed by atoms with E-state index in [1.807, 2.05) is 0 Å². The van der Waals surface area contributed by atoms with Crippen molar-refractivity contribution in [1.29, 1.82) is 0 Å². The van der Waals surface area contributed by atoms with Gasteiger partial charge in [-0.3, -0.25) is 0 Å². The summed E-state index contributed by atoms with van der Waals surface area (Å²) in [4.78, 5) is 3.75. The number of allylic oxidation sites excluding steroid dienone is 1. The number of hydrogen-bond acceptors (Lipinski definition) is 2. The lowest BCUT2D eigenvalue weighted by Gasteiger charge is -2.01. The molecule has 1 unspecified atom stereocenters. The first kappa shape index (κ1) is 4.87. The summed E-state index contributed by atoms with van der Waals surface area (Å²) in [7, 11) is 0. The van der Waals surface area contributed by atoms with Crippen molar-refractivity contribution < 1.29 is 4.55 Å². The van der Waals surface area contributed by atoms with Crippen LogP contribution in [-0.2, 0) is 11.2 Å². The first-order valence-corrected chi connectivity index (χ1v) is 3.31. The van der Waals surface area contributed by atoms with Gasteiger partial charge in [0.1, 0.15) is 5.41 Å². The molecule has 0 fully saturated rings. The average molecular weight is 115 g/mol. The molecule has 0 radical (unpaired) electrons. The zero-order valence-electron chi connectivity index (χ0n) is 3.70. The fraction of sp³-hybridized carbons (Fsp3) is 0.250. The van der Waals surface area contributed by atoms with Crippen molar-refractivity contribution in [3.63, 3.8) is 0 Å². The smallest absolute Gasteiger partial charge is 0.200 e. The molecule has 0 amide bonds. The molecule has 0 bridgehead atoms. The lowest BCUT2D eigenvalue weighted by molar-refractivity contribution is 0.603. The molecule has 0 spiro atoms. The van der Waals surface area contributed by atoms with Gasteiger partial charge in [-0.1, -0.05) is 0 Å². The van der Waals surface area contributed by atoms with Crippen LogP contribution < -0.4 is 0 Å². The van der Waals surface area contributed by atoms with Crippen molar-refractivity contribution in [2.45, 2.75) is 0 Å². The van der Waals surface area contributed by atoms with E-state index >= 15 is 0 Å². The van der Waals surface area contributed by atoms with Crippen LogP contribution in [0.2, 0.25) is 0 Å². The maximum Gasteiger partial charge on any atom is 0.200 e. The molecular formula is C4H5NOS. The van der Waals surface area contributed by atoms with Gasteiger partial charge in [0, 0.05) is 23.5 Å². The summed E-state index contributed by atoms with van der Waals surface area (Å²) in [5, 5.41) is 1.63. The monoisotopic (exact) mass is 115 g/mol. The summed E-state index contributed by atoms with van der Waals surface area (Å²) in [6.07, 6.45) is 3.35. The molecule has 1 atom stereocenters. The van der Waals surface area contributed by atoms with Crippen molar-refractivity contribution in [2.75, 3.05) is 5.88 Å². The highest BCUT2D eigenvalue weighted by Gasteiger charge is 1.98. The maximum absolute atomic E-state index is 10.4. The third kappa shape index (κ3) is 1.33. The Morgan fingerprint density at radius 3 is 2.86 bits per heavy atom. The largest absolute Gasteiger partial charge is 0.610 e. The van der Waals surface area contributed by atoms with Gasteiger partial charge < -0.3 is 4.55 Å². The molecule has 1 aliphatic heterocycles. The summed E-state index contributed by atoms with van der Waals surface area (Å²) >= 11 is -0.819. The van der Waals surface area contributed by atoms with Crippen molar-refractivity contribution in [3.8, 4) is 0 Å². The minimum Gasteiger partial charge on any atom is -0.610 e. The molecule has 3 heteroatoms. The van der Waals surface area contributed by atoms with Gasteiger partial charge in [0.15, 0.2) is 5.88 Å². The van der Waals surface area contributed by atoms with Gasteiger partial charge in [-0.2, -0.15) is 0 Å². The topological polar surface area (TPSA) is 35.4 Å². The summed E-state index contributed by atoms with van der Waals surface area (Å²) in [6.45, 7) is 0. The van der Waals surface area contributed by atoms with Crippen LogP contribution in [0.15, 0.2) is 16.5 Å². The normalized spacial score (nSPS) is 28.4. The highest BCUT2D eigenvalue weighted by Crippen LogP contribution is 1.95. The molecule has 1 rings (SSSR count). The molecule has 7 heavy (non-hydrogen) atoms. The Morgan fingerprint density at radius 1 is 1.71 bits per heavy atom. The Bertz CT molecular complexity index is 110. The molecule has 1 aliphatic rings. The lowest BCUT2D eigenvalue weighted by Crippen LogP contribution is -2.02. The second-order valence-corrected chi connectivity index (χ2v) is 2.46. The molecule has 0 aromatic heterocycles. The fourth-order valence-electron chi connectivity index (χ4n) is 0.343. The van der Waals surface area contributed by atoms with Crippen LogP contribution in [0.5, 0.6) is 0 Å². The number of aliphatic imine (C=N–C) groups is 1. The number of hydrogen-bond donors (Lipinski definition) is 0. The first-order chi connectivity index (χ1) is 3.39. The van der Waals surface area contributed by atoms with E-state index < -0.39 is 11.2 Å². The van der Waals surface area contributed by atoms with E-state index in [-0.39, 0.29) is 0 Å². The number of nitrogens with zero attached hydrogens (tertiary/aromatic N) is 1. The fourth-order valence-corrected chi connectivity index (χ4v) is 0.908. The molecule has 0 aliphatic carbocycles. The molecule has 0 N–H and O–H groups in total. The predicted molar refractivity (Wildman–Crippen MR) is 30.6 cm³/mol. The van der Waals surface area contributed by atoms with Gasteiger partial charge in [-0.05, 0) is 0 Å². The predicted octanol–water partition coefficient (Wildman–Crippen LogP) is 0.291. The summed E-state index contributed by atoms with van der Waals surface area (Å²) in [6, 6.07) is 0. The van der Waals surface area contributed by atoms with E-state index in [1.165, 1.54) is 0 Å². The molecule has 0 aromatic carbocycles. The standard InChI is InChI=1S/C4H5NOS/c6-7-3-1-2-5-4-7/h1-3H,4H2. The van der Waals surface area contributed by atoms with Crippen LogP contribution in [0.25, 0.3) is 0 Å². The SMILES string of the molecule is [O-][S+]1C=CC=NC1. The first-order valence-electron chi connectivity index (χ1n) is 1.93. The van der Waals surface area contributed by atoms with Gasteiger partial charge in [0.05, 0.1) is 0 Å². The Balaban J connectivity index is 2.49. The highest BCUT2D eigenvalue weighted by molar-refractivity contribution is 7.94. The van der Waals surface area contributed by atoms with E-state index in [0.717, 1.165) is 0 Å². The van der Waals surface area contributed by atoms with Crippen LogP contribution in [-0.4, -0.2) is 16.6 Å². The lowest BCUT2D eigenvalue weighted by atomic mass is 10.7. The van der Waals surface area contributed by atoms with Crippen LogP contribution in [0.4, 0.5) is 0 Å². The summed E-state index contributed by atoms with van der Waals surface area (Å²) < 4.78 is 10.4. The van der Waals surface area contributed by atoms with E-state index in [4.69, 9.17) is 0 Å². The van der Waals surface area contributed by atoms with Gasteiger partial charge >= 0.3 is 0 Å². The molecule has 0 saturated carbocycles. The molecule has 38 valence electrons. The maximum atomic E-state index is 10.4. The minimum atomic E-state index is -0.819. The Kier molecular flexibility index (Phi) is 1.49. The minimum absolute atomic E-state index is 0.441. The van der Waals surface area contributed by atoms with E-state index in [9.17, 15) is 4.55 Å². The van der Waals surface area contributed by atoms with E-state index in [1.54, 1.807) is 17.7 Å².